The molecule has 166 valence electrons. The van der Waals surface area contributed by atoms with Gasteiger partial charge in [-0.15, -0.1) is 0 Å². The van der Waals surface area contributed by atoms with Gasteiger partial charge in [0.15, 0.2) is 6.10 Å². The molecular formula is C26H22N2O5. The Morgan fingerprint density at radius 2 is 1.48 bits per heavy atom. The summed E-state index contributed by atoms with van der Waals surface area (Å²) in [6.45, 7) is 2.00. The number of carbonyl (C=O) groups excluding carboxylic acids is 3. The summed E-state index contributed by atoms with van der Waals surface area (Å²) in [6.07, 6.45) is -0.937. The molecule has 5 rings (SSSR count). The van der Waals surface area contributed by atoms with Crippen molar-refractivity contribution >= 4 is 29.2 Å². The van der Waals surface area contributed by atoms with Gasteiger partial charge in [0.25, 0.3) is 5.91 Å². The third kappa shape index (κ3) is 3.56. The second kappa shape index (κ2) is 8.52. The summed E-state index contributed by atoms with van der Waals surface area (Å²) in [6, 6.07) is 24.8. The van der Waals surface area contributed by atoms with Crippen LogP contribution in [-0.2, 0) is 19.2 Å². The van der Waals surface area contributed by atoms with Gasteiger partial charge in [-0.1, -0.05) is 48.5 Å². The number of hydrogen-bond acceptors (Lipinski definition) is 6. The molecule has 2 amide bonds. The first kappa shape index (κ1) is 20.9. The molecule has 3 aromatic carbocycles. The zero-order chi connectivity index (χ0) is 22.9. The smallest absolute Gasteiger partial charge is 0.338 e. The Morgan fingerprint density at radius 1 is 0.848 bits per heavy atom. The van der Waals surface area contributed by atoms with Gasteiger partial charge in [0.1, 0.15) is 5.92 Å². The van der Waals surface area contributed by atoms with Crippen molar-refractivity contribution in [3.05, 3.63) is 96.1 Å². The Balaban J connectivity index is 1.49. The first-order valence-corrected chi connectivity index (χ1v) is 10.8. The first-order valence-electron chi connectivity index (χ1n) is 10.8. The summed E-state index contributed by atoms with van der Waals surface area (Å²) < 4.78 is 5.00. The van der Waals surface area contributed by atoms with E-state index in [-0.39, 0.29) is 12.5 Å². The van der Waals surface area contributed by atoms with Crippen molar-refractivity contribution in [1.82, 2.24) is 0 Å². The Bertz CT molecular complexity index is 1180. The van der Waals surface area contributed by atoms with E-state index in [9.17, 15) is 14.4 Å². The lowest BCUT2D eigenvalue weighted by molar-refractivity contribution is -0.126. The van der Waals surface area contributed by atoms with E-state index >= 15 is 0 Å². The number of para-hydroxylation sites is 1. The number of amides is 2. The maximum atomic E-state index is 13.6. The minimum absolute atomic E-state index is 0.267. The van der Waals surface area contributed by atoms with Crippen LogP contribution >= 0.6 is 0 Å². The molecule has 0 radical (unpaired) electrons. The SMILES string of the molecule is CCOC(=O)c1ccc(N2C(=O)[C@@H]3[C@@H](c4ccccc4)N(c4ccccc4)O[C@H]3C2=O)cc1. The molecule has 0 saturated carbocycles. The van der Waals surface area contributed by atoms with E-state index in [2.05, 4.69) is 0 Å². The molecule has 7 nitrogen and oxygen atoms in total. The number of imide groups is 1. The standard InChI is InChI=1S/C26H22N2O5/c1-2-32-26(31)18-13-15-19(16-14-18)27-24(29)21-22(17-9-5-3-6-10-17)28(33-23(21)25(27)30)20-11-7-4-8-12-20/h3-16,21-23H,2H2,1H3/t21-,22-,23-/m1/s1. The van der Waals surface area contributed by atoms with Gasteiger partial charge in [-0.05, 0) is 48.9 Å². The summed E-state index contributed by atoms with van der Waals surface area (Å²) in [5, 5.41) is 1.67. The zero-order valence-electron chi connectivity index (χ0n) is 18.0. The molecule has 2 fully saturated rings. The van der Waals surface area contributed by atoms with Crippen molar-refractivity contribution in [3.63, 3.8) is 0 Å². The molecule has 7 heteroatoms. The second-order valence-corrected chi connectivity index (χ2v) is 7.85. The number of hydroxylamine groups is 1. The lowest BCUT2D eigenvalue weighted by Gasteiger charge is -2.28. The number of ether oxygens (including phenoxy) is 1. The normalized spacial score (nSPS) is 21.9. The van der Waals surface area contributed by atoms with Crippen molar-refractivity contribution in [1.29, 1.82) is 0 Å². The van der Waals surface area contributed by atoms with Crippen LogP contribution in [0.25, 0.3) is 0 Å². The molecule has 0 spiro atoms. The number of benzene rings is 3. The lowest BCUT2D eigenvalue weighted by Crippen LogP contribution is -2.37. The summed E-state index contributed by atoms with van der Waals surface area (Å²) in [7, 11) is 0. The summed E-state index contributed by atoms with van der Waals surface area (Å²) >= 11 is 0. The Hall–Kier alpha value is -3.97. The van der Waals surface area contributed by atoms with E-state index < -0.39 is 29.9 Å². The number of rotatable bonds is 5. The number of hydrogen-bond donors (Lipinski definition) is 0. The molecule has 0 aromatic heterocycles. The maximum absolute atomic E-state index is 13.6. The molecule has 2 aliphatic rings. The molecule has 0 unspecified atom stereocenters. The molecule has 2 heterocycles. The fourth-order valence-electron chi connectivity index (χ4n) is 4.42. The summed E-state index contributed by atoms with van der Waals surface area (Å²) in [5.74, 6) is -1.91. The average Bonchev–Trinajstić information content (AvgIpc) is 3.36. The van der Waals surface area contributed by atoms with Gasteiger partial charge in [0.05, 0.1) is 29.6 Å². The summed E-state index contributed by atoms with van der Waals surface area (Å²) in [4.78, 5) is 46.1. The third-order valence-corrected chi connectivity index (χ3v) is 5.90. The molecule has 0 aliphatic carbocycles. The van der Waals surface area contributed by atoms with Crippen LogP contribution in [0.3, 0.4) is 0 Å². The number of esters is 1. The van der Waals surface area contributed by atoms with Crippen LogP contribution in [0.4, 0.5) is 11.4 Å². The number of carbonyl (C=O) groups is 3. The monoisotopic (exact) mass is 442 g/mol. The van der Waals surface area contributed by atoms with Crippen molar-refractivity contribution in [2.24, 2.45) is 5.92 Å². The largest absolute Gasteiger partial charge is 0.462 e. The van der Waals surface area contributed by atoms with Crippen LogP contribution in [0.2, 0.25) is 0 Å². The van der Waals surface area contributed by atoms with E-state index in [0.717, 1.165) is 16.2 Å². The molecule has 2 saturated heterocycles. The number of fused-ring (bicyclic) bond motifs is 1. The van der Waals surface area contributed by atoms with E-state index in [1.54, 1.807) is 36.3 Å². The molecule has 2 aliphatic heterocycles. The van der Waals surface area contributed by atoms with Gasteiger partial charge in [-0.25, -0.2) is 14.8 Å². The van der Waals surface area contributed by atoms with E-state index in [4.69, 9.17) is 9.57 Å². The predicted molar refractivity (Wildman–Crippen MR) is 121 cm³/mol. The highest BCUT2D eigenvalue weighted by molar-refractivity contribution is 6.24. The Labute approximate surface area is 191 Å². The fourth-order valence-corrected chi connectivity index (χ4v) is 4.42. The molecule has 3 atom stereocenters. The van der Waals surface area contributed by atoms with Gasteiger partial charge < -0.3 is 4.74 Å². The van der Waals surface area contributed by atoms with Crippen LogP contribution in [0.15, 0.2) is 84.9 Å². The minimum Gasteiger partial charge on any atom is -0.462 e. The van der Waals surface area contributed by atoms with E-state index in [1.165, 1.54) is 0 Å². The molecule has 0 N–H and O–H groups in total. The molecule has 33 heavy (non-hydrogen) atoms. The van der Waals surface area contributed by atoms with Crippen LogP contribution < -0.4 is 9.96 Å². The van der Waals surface area contributed by atoms with Gasteiger partial charge in [-0.3, -0.25) is 14.4 Å². The van der Waals surface area contributed by atoms with E-state index in [0.29, 0.717) is 11.3 Å². The molecule has 3 aromatic rings. The lowest BCUT2D eigenvalue weighted by atomic mass is 9.90. The van der Waals surface area contributed by atoms with Crippen molar-refractivity contribution in [2.75, 3.05) is 16.6 Å². The predicted octanol–water partition coefficient (Wildman–Crippen LogP) is 3.91. The van der Waals surface area contributed by atoms with Gasteiger partial charge in [0.2, 0.25) is 5.91 Å². The molecule has 0 bridgehead atoms. The average molecular weight is 442 g/mol. The second-order valence-electron chi connectivity index (χ2n) is 7.85. The first-order chi connectivity index (χ1) is 16.1. The van der Waals surface area contributed by atoms with Crippen LogP contribution in [-0.4, -0.2) is 30.5 Å². The van der Waals surface area contributed by atoms with E-state index in [1.807, 2.05) is 60.7 Å². The van der Waals surface area contributed by atoms with Gasteiger partial charge in [0, 0.05) is 0 Å². The topological polar surface area (TPSA) is 76.2 Å². The highest BCUT2D eigenvalue weighted by atomic mass is 16.7. The minimum atomic E-state index is -0.937. The van der Waals surface area contributed by atoms with Gasteiger partial charge >= 0.3 is 5.97 Å². The third-order valence-electron chi connectivity index (χ3n) is 5.90. The summed E-state index contributed by atoms with van der Waals surface area (Å²) in [5.41, 5.74) is 2.41. The van der Waals surface area contributed by atoms with Crippen molar-refractivity contribution in [2.45, 2.75) is 19.1 Å². The Morgan fingerprint density at radius 3 is 2.12 bits per heavy atom. The maximum Gasteiger partial charge on any atom is 0.338 e. The van der Waals surface area contributed by atoms with Gasteiger partial charge in [-0.2, -0.15) is 0 Å². The Kier molecular flexibility index (Phi) is 5.40. The number of anilines is 2. The van der Waals surface area contributed by atoms with Crippen LogP contribution in [0.5, 0.6) is 0 Å². The fraction of sp³-hybridized carbons (Fsp3) is 0.192. The van der Waals surface area contributed by atoms with Crippen LogP contribution in [0.1, 0.15) is 28.9 Å². The zero-order valence-corrected chi connectivity index (χ0v) is 18.0. The van der Waals surface area contributed by atoms with Crippen LogP contribution in [0, 0.1) is 5.92 Å². The molecular weight excluding hydrogens is 420 g/mol. The van der Waals surface area contributed by atoms with Crippen molar-refractivity contribution in [3.8, 4) is 0 Å². The quantitative estimate of drug-likeness (QED) is 0.441. The highest BCUT2D eigenvalue weighted by Crippen LogP contribution is 2.47. The van der Waals surface area contributed by atoms with Crippen molar-refractivity contribution < 1.29 is 24.0 Å². The highest BCUT2D eigenvalue weighted by Gasteiger charge is 2.60. The number of nitrogens with zero attached hydrogens (tertiary/aromatic N) is 2.